The first-order valence-electron chi connectivity index (χ1n) is 11.4. The number of halogens is 1. The Kier molecular flexibility index (Phi) is 8.38. The summed E-state index contributed by atoms with van der Waals surface area (Å²) >= 11 is 0. The summed E-state index contributed by atoms with van der Waals surface area (Å²) in [6.07, 6.45) is 3.36. The fourth-order valence-electron chi connectivity index (χ4n) is 3.72. The van der Waals surface area contributed by atoms with Crippen LogP contribution in [0.25, 0.3) is 12.2 Å². The zero-order valence-electron chi connectivity index (χ0n) is 22.0. The number of anilines is 1. The van der Waals surface area contributed by atoms with Crippen LogP contribution in [0.15, 0.2) is 53.4 Å². The number of hydrogen-bond donors (Lipinski definition) is 1. The van der Waals surface area contributed by atoms with Crippen LogP contribution < -0.4 is 23.7 Å². The zero-order chi connectivity index (χ0) is 27.4. The van der Waals surface area contributed by atoms with Crippen molar-refractivity contribution in [3.8, 4) is 23.0 Å². The number of rotatable bonds is 9. The highest BCUT2D eigenvalue weighted by Gasteiger charge is 2.22. The number of ether oxygens (including phenoxy) is 4. The van der Waals surface area contributed by atoms with Crippen LogP contribution >= 0.6 is 0 Å². The highest BCUT2D eigenvalue weighted by molar-refractivity contribution is 7.92. The predicted octanol–water partition coefficient (Wildman–Crippen LogP) is 6.13. The van der Waals surface area contributed by atoms with E-state index in [2.05, 4.69) is 4.72 Å². The quantitative estimate of drug-likeness (QED) is 0.336. The summed E-state index contributed by atoms with van der Waals surface area (Å²) in [7, 11) is 1.79. The summed E-state index contributed by atoms with van der Waals surface area (Å²) in [5.41, 5.74) is 1.70. The van der Waals surface area contributed by atoms with Crippen LogP contribution in [0.5, 0.6) is 23.0 Å². The zero-order valence-corrected chi connectivity index (χ0v) is 22.8. The lowest BCUT2D eigenvalue weighted by molar-refractivity contribution is 0.324. The van der Waals surface area contributed by atoms with Gasteiger partial charge in [-0.3, -0.25) is 4.72 Å². The number of nitrogens with one attached hydrogen (secondary N) is 1. The standard InChI is InChI=1S/C28H32FNO6S/c1-28(2,3)20-9-8-10-21(17-20)37(31,32)30-23-14-18(13-22(29)26(23)35-6)11-12-19-15-24(33-4)27(36-7)25(16-19)34-5/h8-17,30H,1-7H3/b12-11-. The van der Waals surface area contributed by atoms with Gasteiger partial charge in [-0.05, 0) is 58.5 Å². The Hall–Kier alpha value is -3.72. The SMILES string of the molecule is COc1cc(/C=C\c2cc(F)c(OC)c(NS(=O)(=O)c3cccc(C(C)(C)C)c3)c2)cc(OC)c1OC. The summed E-state index contributed by atoms with van der Waals surface area (Å²) in [6, 6.07) is 12.9. The van der Waals surface area contributed by atoms with Crippen LogP contribution in [0.1, 0.15) is 37.5 Å². The third-order valence-electron chi connectivity index (χ3n) is 5.68. The third kappa shape index (κ3) is 6.35. The number of methoxy groups -OCH3 is 4. The Bertz CT molecular complexity index is 1390. The predicted molar refractivity (Wildman–Crippen MR) is 144 cm³/mol. The first-order chi connectivity index (χ1) is 17.4. The van der Waals surface area contributed by atoms with E-state index >= 15 is 0 Å². The average molecular weight is 530 g/mol. The van der Waals surface area contributed by atoms with Gasteiger partial charge in [-0.2, -0.15) is 0 Å². The van der Waals surface area contributed by atoms with Crippen molar-refractivity contribution in [1.29, 1.82) is 0 Å². The Balaban J connectivity index is 2.00. The minimum Gasteiger partial charge on any atom is -0.493 e. The second-order valence-corrected chi connectivity index (χ2v) is 10.9. The molecule has 9 heteroatoms. The molecule has 0 aliphatic carbocycles. The maximum Gasteiger partial charge on any atom is 0.262 e. The Morgan fingerprint density at radius 1 is 0.784 bits per heavy atom. The fraction of sp³-hybridized carbons (Fsp3) is 0.286. The van der Waals surface area contributed by atoms with E-state index in [1.165, 1.54) is 46.6 Å². The summed E-state index contributed by atoms with van der Waals surface area (Å²) in [4.78, 5) is 0.0701. The molecule has 3 aromatic rings. The minimum atomic E-state index is -4.02. The van der Waals surface area contributed by atoms with Gasteiger partial charge in [0.1, 0.15) is 0 Å². The first-order valence-corrected chi connectivity index (χ1v) is 12.9. The molecule has 0 saturated heterocycles. The van der Waals surface area contributed by atoms with Gasteiger partial charge >= 0.3 is 0 Å². The summed E-state index contributed by atoms with van der Waals surface area (Å²) in [5, 5.41) is 0. The molecule has 0 spiro atoms. The normalized spacial score (nSPS) is 11.9. The molecule has 37 heavy (non-hydrogen) atoms. The van der Waals surface area contributed by atoms with Gasteiger partial charge in [0, 0.05) is 0 Å². The topological polar surface area (TPSA) is 83.1 Å². The second-order valence-electron chi connectivity index (χ2n) is 9.26. The van der Waals surface area contributed by atoms with Crippen molar-refractivity contribution in [2.75, 3.05) is 33.2 Å². The Morgan fingerprint density at radius 3 is 1.86 bits per heavy atom. The number of sulfonamides is 1. The van der Waals surface area contributed by atoms with E-state index in [9.17, 15) is 12.8 Å². The third-order valence-corrected chi connectivity index (χ3v) is 7.04. The largest absolute Gasteiger partial charge is 0.493 e. The minimum absolute atomic E-state index is 0.0202. The molecule has 0 unspecified atom stereocenters. The highest BCUT2D eigenvalue weighted by atomic mass is 32.2. The lowest BCUT2D eigenvalue weighted by Gasteiger charge is -2.20. The van der Waals surface area contributed by atoms with Gasteiger partial charge < -0.3 is 18.9 Å². The molecule has 0 aromatic heterocycles. The van der Waals surface area contributed by atoms with E-state index in [-0.39, 0.29) is 21.7 Å². The van der Waals surface area contributed by atoms with E-state index in [0.717, 1.165) is 5.56 Å². The van der Waals surface area contributed by atoms with E-state index in [0.29, 0.717) is 28.4 Å². The summed E-state index contributed by atoms with van der Waals surface area (Å²) < 4.78 is 65.1. The van der Waals surface area contributed by atoms with Crippen LogP contribution in [-0.4, -0.2) is 36.9 Å². The van der Waals surface area contributed by atoms with Crippen molar-refractivity contribution >= 4 is 27.9 Å². The molecule has 7 nitrogen and oxygen atoms in total. The fourth-order valence-corrected chi connectivity index (χ4v) is 4.82. The highest BCUT2D eigenvalue weighted by Crippen LogP contribution is 2.39. The van der Waals surface area contributed by atoms with E-state index in [1.54, 1.807) is 36.4 Å². The Labute approximate surface area is 217 Å². The maximum atomic E-state index is 14.9. The molecule has 0 amide bonds. The molecule has 0 atom stereocenters. The number of hydrogen-bond acceptors (Lipinski definition) is 6. The van der Waals surface area contributed by atoms with Gasteiger partial charge in [0.05, 0.1) is 39.0 Å². The summed E-state index contributed by atoms with van der Waals surface area (Å²) in [6.45, 7) is 5.98. The van der Waals surface area contributed by atoms with E-state index in [1.807, 2.05) is 26.8 Å². The van der Waals surface area contributed by atoms with E-state index < -0.39 is 15.8 Å². The van der Waals surface area contributed by atoms with Gasteiger partial charge in [0.15, 0.2) is 23.1 Å². The molecule has 1 N–H and O–H groups in total. The molecule has 0 aliphatic rings. The smallest absolute Gasteiger partial charge is 0.262 e. The van der Waals surface area contributed by atoms with Crippen molar-refractivity contribution in [1.82, 2.24) is 0 Å². The molecule has 3 rings (SSSR count). The maximum absolute atomic E-state index is 14.9. The number of benzene rings is 3. The van der Waals surface area contributed by atoms with Crippen molar-refractivity contribution in [3.63, 3.8) is 0 Å². The van der Waals surface area contributed by atoms with Gasteiger partial charge in [-0.25, -0.2) is 12.8 Å². The second kappa shape index (κ2) is 11.1. The monoisotopic (exact) mass is 529 g/mol. The van der Waals surface area contributed by atoms with Crippen LogP contribution in [0, 0.1) is 5.82 Å². The van der Waals surface area contributed by atoms with Crippen molar-refractivity contribution in [3.05, 3.63) is 71.0 Å². The van der Waals surface area contributed by atoms with E-state index in [4.69, 9.17) is 18.9 Å². The van der Waals surface area contributed by atoms with Crippen LogP contribution in [0.4, 0.5) is 10.1 Å². The average Bonchev–Trinajstić information content (AvgIpc) is 2.86. The molecule has 0 aliphatic heterocycles. The van der Waals surface area contributed by atoms with Crippen LogP contribution in [0.3, 0.4) is 0 Å². The Morgan fingerprint density at radius 2 is 1.35 bits per heavy atom. The molecular weight excluding hydrogens is 497 g/mol. The molecule has 3 aromatic carbocycles. The lowest BCUT2D eigenvalue weighted by Crippen LogP contribution is -2.16. The van der Waals surface area contributed by atoms with Crippen molar-refractivity contribution in [2.24, 2.45) is 0 Å². The molecular formula is C28H32FNO6S. The van der Waals surface area contributed by atoms with Gasteiger partial charge in [-0.1, -0.05) is 45.1 Å². The molecule has 0 radical (unpaired) electrons. The van der Waals surface area contributed by atoms with Crippen LogP contribution in [-0.2, 0) is 15.4 Å². The molecule has 0 bridgehead atoms. The molecule has 0 heterocycles. The molecule has 198 valence electrons. The van der Waals surface area contributed by atoms with Crippen molar-refractivity contribution < 1.29 is 31.8 Å². The first kappa shape index (κ1) is 27.9. The molecule has 0 saturated carbocycles. The van der Waals surface area contributed by atoms with Crippen molar-refractivity contribution in [2.45, 2.75) is 31.1 Å². The van der Waals surface area contributed by atoms with Gasteiger partial charge in [0.2, 0.25) is 5.75 Å². The summed E-state index contributed by atoms with van der Waals surface area (Å²) in [5.74, 6) is 0.461. The molecule has 0 fully saturated rings. The van der Waals surface area contributed by atoms with Crippen LogP contribution in [0.2, 0.25) is 0 Å². The van der Waals surface area contributed by atoms with Gasteiger partial charge in [-0.15, -0.1) is 0 Å². The lowest BCUT2D eigenvalue weighted by atomic mass is 9.87. The van der Waals surface area contributed by atoms with Gasteiger partial charge in [0.25, 0.3) is 10.0 Å².